The fourth-order valence-electron chi connectivity index (χ4n) is 2.56. The van der Waals surface area contributed by atoms with E-state index in [1.807, 2.05) is 65.4 Å². The number of benzene rings is 2. The van der Waals surface area contributed by atoms with Gasteiger partial charge in [0.05, 0.1) is 20.1 Å². The highest BCUT2D eigenvalue weighted by molar-refractivity contribution is 7.98. The third kappa shape index (κ3) is 4.23. The Balaban J connectivity index is 1.73. The lowest BCUT2D eigenvalue weighted by Crippen LogP contribution is -2.26. The first-order valence-electron chi connectivity index (χ1n) is 8.14. The van der Waals surface area contributed by atoms with Gasteiger partial charge in [-0.3, -0.25) is 9.36 Å². The summed E-state index contributed by atoms with van der Waals surface area (Å²) < 4.78 is 7.14. The van der Waals surface area contributed by atoms with Crippen LogP contribution in [0.2, 0.25) is 0 Å². The van der Waals surface area contributed by atoms with E-state index in [1.54, 1.807) is 7.11 Å². The zero-order valence-corrected chi connectivity index (χ0v) is 15.5. The van der Waals surface area contributed by atoms with Crippen LogP contribution in [0.4, 0.5) is 0 Å². The van der Waals surface area contributed by atoms with Gasteiger partial charge in [0, 0.05) is 5.69 Å². The Morgan fingerprint density at radius 1 is 1.12 bits per heavy atom. The smallest absolute Gasteiger partial charge is 0.224 e. The number of hydrogen-bond acceptors (Lipinski definition) is 5. The topological polar surface area (TPSA) is 69.0 Å². The van der Waals surface area contributed by atoms with Crippen LogP contribution in [0.3, 0.4) is 0 Å². The lowest BCUT2D eigenvalue weighted by molar-refractivity contribution is -0.120. The quantitative estimate of drug-likeness (QED) is 0.650. The van der Waals surface area contributed by atoms with E-state index in [4.69, 9.17) is 4.74 Å². The molecule has 0 fully saturated rings. The van der Waals surface area contributed by atoms with Gasteiger partial charge in [-0.05, 0) is 36.1 Å². The Morgan fingerprint density at radius 2 is 1.85 bits per heavy atom. The van der Waals surface area contributed by atoms with Gasteiger partial charge in [0.2, 0.25) is 5.91 Å². The first kappa shape index (κ1) is 18.0. The molecule has 0 unspecified atom stereocenters. The van der Waals surface area contributed by atoms with Gasteiger partial charge in [0.15, 0.2) is 11.0 Å². The van der Waals surface area contributed by atoms with E-state index < -0.39 is 0 Å². The second-order valence-electron chi connectivity index (χ2n) is 5.58. The maximum Gasteiger partial charge on any atom is 0.224 e. The maximum atomic E-state index is 12.2. The molecule has 0 atom stereocenters. The molecular formula is C19H20N4O2S. The number of carbonyl (C=O) groups is 1. The van der Waals surface area contributed by atoms with Gasteiger partial charge in [-0.2, -0.15) is 0 Å². The van der Waals surface area contributed by atoms with Crippen molar-refractivity contribution < 1.29 is 9.53 Å². The van der Waals surface area contributed by atoms with E-state index in [9.17, 15) is 4.79 Å². The van der Waals surface area contributed by atoms with E-state index in [1.165, 1.54) is 11.8 Å². The van der Waals surface area contributed by atoms with Crippen molar-refractivity contribution in [3.63, 3.8) is 0 Å². The summed E-state index contributed by atoms with van der Waals surface area (Å²) in [5.74, 6) is 1.41. The predicted octanol–water partition coefficient (Wildman–Crippen LogP) is 2.86. The van der Waals surface area contributed by atoms with E-state index in [0.29, 0.717) is 18.8 Å². The number of methoxy groups -OCH3 is 1. The monoisotopic (exact) mass is 368 g/mol. The first-order valence-corrected chi connectivity index (χ1v) is 9.37. The van der Waals surface area contributed by atoms with Crippen LogP contribution in [0.15, 0.2) is 59.8 Å². The number of ether oxygens (including phenoxy) is 1. The van der Waals surface area contributed by atoms with Gasteiger partial charge >= 0.3 is 0 Å². The van der Waals surface area contributed by atoms with Gasteiger partial charge in [-0.25, -0.2) is 0 Å². The van der Waals surface area contributed by atoms with Crippen molar-refractivity contribution in [1.82, 2.24) is 20.1 Å². The van der Waals surface area contributed by atoms with Crippen LogP contribution in [0.25, 0.3) is 5.69 Å². The second kappa shape index (κ2) is 8.53. The van der Waals surface area contributed by atoms with Gasteiger partial charge in [-0.1, -0.05) is 42.1 Å². The number of nitrogens with zero attached hydrogens (tertiary/aromatic N) is 3. The van der Waals surface area contributed by atoms with Crippen LogP contribution in [-0.2, 0) is 17.8 Å². The minimum atomic E-state index is -0.0498. The van der Waals surface area contributed by atoms with Gasteiger partial charge in [0.25, 0.3) is 0 Å². The Kier molecular flexibility index (Phi) is 5.91. The zero-order valence-electron chi connectivity index (χ0n) is 14.7. The number of thioether (sulfide) groups is 1. The van der Waals surface area contributed by atoms with Crippen LogP contribution in [0, 0.1) is 0 Å². The number of aromatic nitrogens is 3. The molecular weight excluding hydrogens is 348 g/mol. The van der Waals surface area contributed by atoms with Crippen LogP contribution in [-0.4, -0.2) is 34.0 Å². The minimum absolute atomic E-state index is 0.0498. The predicted molar refractivity (Wildman–Crippen MR) is 102 cm³/mol. The fourth-order valence-corrected chi connectivity index (χ4v) is 3.07. The summed E-state index contributed by atoms with van der Waals surface area (Å²) >= 11 is 1.50. The largest absolute Gasteiger partial charge is 0.497 e. The Hall–Kier alpha value is -2.80. The third-order valence-electron chi connectivity index (χ3n) is 3.86. The first-order chi connectivity index (χ1) is 12.7. The molecule has 0 aliphatic carbocycles. The molecule has 0 spiro atoms. The summed E-state index contributed by atoms with van der Waals surface area (Å²) in [5.41, 5.74) is 1.90. The summed E-state index contributed by atoms with van der Waals surface area (Å²) in [5, 5.41) is 12.1. The van der Waals surface area contributed by atoms with Crippen molar-refractivity contribution >= 4 is 17.7 Å². The second-order valence-corrected chi connectivity index (χ2v) is 6.35. The molecule has 134 valence electrons. The molecule has 1 aromatic heterocycles. The summed E-state index contributed by atoms with van der Waals surface area (Å²) in [6.45, 7) is 0.311. The number of amides is 1. The SMILES string of the molecule is COc1ccc(-n2c(CNC(=O)Cc3ccccc3)nnc2SC)cc1. The molecule has 1 heterocycles. The van der Waals surface area contributed by atoms with E-state index in [0.717, 1.165) is 22.2 Å². The lowest BCUT2D eigenvalue weighted by atomic mass is 10.1. The molecule has 0 aliphatic heterocycles. The third-order valence-corrected chi connectivity index (χ3v) is 4.49. The van der Waals surface area contributed by atoms with Crippen molar-refractivity contribution in [2.24, 2.45) is 0 Å². The molecule has 3 rings (SSSR count). The van der Waals surface area contributed by atoms with Crippen molar-refractivity contribution in [3.05, 3.63) is 66.0 Å². The Labute approximate surface area is 156 Å². The molecule has 2 aromatic carbocycles. The van der Waals surface area contributed by atoms with Crippen LogP contribution < -0.4 is 10.1 Å². The molecule has 0 saturated carbocycles. The highest BCUT2D eigenvalue weighted by atomic mass is 32.2. The number of rotatable bonds is 7. The number of nitrogens with one attached hydrogen (secondary N) is 1. The molecule has 26 heavy (non-hydrogen) atoms. The standard InChI is InChI=1S/C19H20N4O2S/c1-25-16-10-8-15(9-11-16)23-17(21-22-19(23)26-2)13-20-18(24)12-14-6-4-3-5-7-14/h3-11H,12-13H2,1-2H3,(H,20,24). The van der Waals surface area contributed by atoms with Crippen LogP contribution in [0.5, 0.6) is 5.75 Å². The summed E-state index contributed by atoms with van der Waals surface area (Å²) in [4.78, 5) is 12.2. The van der Waals surface area contributed by atoms with E-state index in [2.05, 4.69) is 15.5 Å². The molecule has 3 aromatic rings. The van der Waals surface area contributed by atoms with Crippen LogP contribution in [0.1, 0.15) is 11.4 Å². The molecule has 0 aliphatic rings. The molecule has 1 amide bonds. The molecule has 0 radical (unpaired) electrons. The van der Waals surface area contributed by atoms with Crippen molar-refractivity contribution in [3.8, 4) is 11.4 Å². The van der Waals surface area contributed by atoms with Gasteiger partial charge in [-0.15, -0.1) is 10.2 Å². The summed E-state index contributed by atoms with van der Waals surface area (Å²) in [6.07, 6.45) is 2.29. The average Bonchev–Trinajstić information content (AvgIpc) is 3.10. The summed E-state index contributed by atoms with van der Waals surface area (Å²) in [7, 11) is 1.63. The van der Waals surface area contributed by atoms with Gasteiger partial charge < -0.3 is 10.1 Å². The molecule has 1 N–H and O–H groups in total. The Morgan fingerprint density at radius 3 is 2.50 bits per heavy atom. The van der Waals surface area contributed by atoms with E-state index in [-0.39, 0.29) is 5.91 Å². The van der Waals surface area contributed by atoms with Crippen molar-refractivity contribution in [1.29, 1.82) is 0 Å². The zero-order chi connectivity index (χ0) is 18.4. The average molecular weight is 368 g/mol. The highest BCUT2D eigenvalue weighted by Crippen LogP contribution is 2.22. The highest BCUT2D eigenvalue weighted by Gasteiger charge is 2.14. The normalized spacial score (nSPS) is 10.5. The fraction of sp³-hybridized carbons (Fsp3) is 0.211. The molecule has 0 saturated heterocycles. The maximum absolute atomic E-state index is 12.2. The summed E-state index contributed by atoms with van der Waals surface area (Å²) in [6, 6.07) is 17.3. The minimum Gasteiger partial charge on any atom is -0.497 e. The number of carbonyl (C=O) groups excluding carboxylic acids is 1. The van der Waals surface area contributed by atoms with Crippen LogP contribution >= 0.6 is 11.8 Å². The Bertz CT molecular complexity index is 863. The van der Waals surface area contributed by atoms with Crippen molar-refractivity contribution in [2.45, 2.75) is 18.1 Å². The molecule has 0 bridgehead atoms. The van der Waals surface area contributed by atoms with E-state index >= 15 is 0 Å². The lowest BCUT2D eigenvalue weighted by Gasteiger charge is -2.11. The molecule has 6 nitrogen and oxygen atoms in total. The molecule has 7 heteroatoms. The number of hydrogen-bond donors (Lipinski definition) is 1. The van der Waals surface area contributed by atoms with Crippen molar-refractivity contribution in [2.75, 3.05) is 13.4 Å². The van der Waals surface area contributed by atoms with Gasteiger partial charge in [0.1, 0.15) is 5.75 Å².